The predicted octanol–water partition coefficient (Wildman–Crippen LogP) is 2.38. The Morgan fingerprint density at radius 1 is 1.37 bits per heavy atom. The summed E-state index contributed by atoms with van der Waals surface area (Å²) in [5.74, 6) is 0.500. The van der Waals surface area contributed by atoms with Gasteiger partial charge in [0.25, 0.3) is 0 Å². The van der Waals surface area contributed by atoms with Gasteiger partial charge in [0.2, 0.25) is 5.91 Å². The third-order valence-corrected chi connectivity index (χ3v) is 3.88. The lowest BCUT2D eigenvalue weighted by molar-refractivity contribution is -0.137. The Hall–Kier alpha value is -1.35. The zero-order valence-corrected chi connectivity index (χ0v) is 12.0. The fourth-order valence-corrected chi connectivity index (χ4v) is 2.78. The van der Waals surface area contributed by atoms with Gasteiger partial charge in [0.15, 0.2) is 0 Å². The second kappa shape index (κ2) is 6.71. The summed E-state index contributed by atoms with van der Waals surface area (Å²) >= 11 is 0. The summed E-state index contributed by atoms with van der Waals surface area (Å²) < 4.78 is 0. The van der Waals surface area contributed by atoms with Crippen LogP contribution in [0.5, 0.6) is 0 Å². The Labute approximate surface area is 116 Å². The van der Waals surface area contributed by atoms with E-state index < -0.39 is 0 Å². The van der Waals surface area contributed by atoms with Crippen LogP contribution in [-0.2, 0) is 11.3 Å². The third-order valence-electron chi connectivity index (χ3n) is 3.88. The number of amides is 1. The molecule has 1 aromatic rings. The summed E-state index contributed by atoms with van der Waals surface area (Å²) in [5, 5.41) is 0. The Balaban J connectivity index is 1.98. The molecule has 1 aromatic carbocycles. The minimum atomic E-state index is 0.183. The monoisotopic (exact) mass is 260 g/mol. The quantitative estimate of drug-likeness (QED) is 0.830. The maximum absolute atomic E-state index is 12.6. The third kappa shape index (κ3) is 3.80. The van der Waals surface area contributed by atoms with Gasteiger partial charge in [0.1, 0.15) is 0 Å². The SMILES string of the molecule is CCN(Cc1ccccc1)C(=O)C1CCCN(C)C1. The zero-order valence-electron chi connectivity index (χ0n) is 12.0. The van der Waals surface area contributed by atoms with Crippen LogP contribution in [0.15, 0.2) is 30.3 Å². The number of rotatable bonds is 4. The average molecular weight is 260 g/mol. The molecule has 0 aliphatic carbocycles. The van der Waals surface area contributed by atoms with Crippen LogP contribution < -0.4 is 0 Å². The molecule has 0 bridgehead atoms. The zero-order chi connectivity index (χ0) is 13.7. The molecular weight excluding hydrogens is 236 g/mol. The molecule has 19 heavy (non-hydrogen) atoms. The maximum Gasteiger partial charge on any atom is 0.227 e. The standard InChI is InChI=1S/C16H24N2O/c1-3-18(12-14-8-5-4-6-9-14)16(19)15-10-7-11-17(2)13-15/h4-6,8-9,15H,3,7,10-13H2,1-2H3. The molecule has 1 fully saturated rings. The van der Waals surface area contributed by atoms with E-state index in [1.807, 2.05) is 23.1 Å². The number of nitrogens with zero attached hydrogens (tertiary/aromatic N) is 2. The van der Waals surface area contributed by atoms with Crippen LogP contribution in [0.1, 0.15) is 25.3 Å². The van der Waals surface area contributed by atoms with Gasteiger partial charge in [-0.25, -0.2) is 0 Å². The van der Waals surface area contributed by atoms with E-state index in [1.165, 1.54) is 5.56 Å². The van der Waals surface area contributed by atoms with Crippen molar-refractivity contribution in [3.8, 4) is 0 Å². The summed E-state index contributed by atoms with van der Waals surface area (Å²) in [6.07, 6.45) is 2.17. The largest absolute Gasteiger partial charge is 0.338 e. The van der Waals surface area contributed by atoms with Crippen molar-refractivity contribution >= 4 is 5.91 Å². The minimum Gasteiger partial charge on any atom is -0.338 e. The number of hydrogen-bond acceptors (Lipinski definition) is 2. The lowest BCUT2D eigenvalue weighted by Crippen LogP contribution is -2.43. The Morgan fingerprint density at radius 2 is 2.11 bits per heavy atom. The van der Waals surface area contributed by atoms with Gasteiger partial charge in [0, 0.05) is 19.6 Å². The topological polar surface area (TPSA) is 23.6 Å². The number of carbonyl (C=O) groups excluding carboxylic acids is 1. The highest BCUT2D eigenvalue weighted by molar-refractivity contribution is 5.79. The average Bonchev–Trinajstić information content (AvgIpc) is 2.45. The van der Waals surface area contributed by atoms with Crippen molar-refractivity contribution in [2.24, 2.45) is 5.92 Å². The predicted molar refractivity (Wildman–Crippen MR) is 77.8 cm³/mol. The summed E-state index contributed by atoms with van der Waals surface area (Å²) in [7, 11) is 2.10. The van der Waals surface area contributed by atoms with Gasteiger partial charge >= 0.3 is 0 Å². The smallest absolute Gasteiger partial charge is 0.227 e. The van der Waals surface area contributed by atoms with Crippen molar-refractivity contribution in [3.63, 3.8) is 0 Å². The van der Waals surface area contributed by atoms with Crippen molar-refractivity contribution in [1.29, 1.82) is 0 Å². The van der Waals surface area contributed by atoms with Gasteiger partial charge in [-0.15, -0.1) is 0 Å². The van der Waals surface area contributed by atoms with Crippen LogP contribution in [0.4, 0.5) is 0 Å². The lowest BCUT2D eigenvalue weighted by atomic mass is 9.96. The van der Waals surface area contributed by atoms with Crippen LogP contribution in [0.25, 0.3) is 0 Å². The summed E-state index contributed by atoms with van der Waals surface area (Å²) in [5.41, 5.74) is 1.21. The number of likely N-dealkylation sites (tertiary alicyclic amines) is 1. The van der Waals surface area contributed by atoms with Gasteiger partial charge in [-0.2, -0.15) is 0 Å². The van der Waals surface area contributed by atoms with E-state index in [4.69, 9.17) is 0 Å². The fourth-order valence-electron chi connectivity index (χ4n) is 2.78. The molecule has 0 aromatic heterocycles. The van der Waals surface area contributed by atoms with E-state index in [1.54, 1.807) is 0 Å². The molecule has 0 spiro atoms. The highest BCUT2D eigenvalue weighted by Gasteiger charge is 2.27. The van der Waals surface area contributed by atoms with Crippen molar-refractivity contribution in [2.75, 3.05) is 26.7 Å². The number of benzene rings is 1. The summed E-state index contributed by atoms with van der Waals surface area (Å²) in [6.45, 7) is 5.61. The van der Waals surface area contributed by atoms with Gasteiger partial charge in [0.05, 0.1) is 5.92 Å². The second-order valence-electron chi connectivity index (χ2n) is 5.44. The van der Waals surface area contributed by atoms with Gasteiger partial charge < -0.3 is 9.80 Å². The first-order valence-corrected chi connectivity index (χ1v) is 7.22. The molecule has 0 N–H and O–H groups in total. The van der Waals surface area contributed by atoms with Gasteiger partial charge in [-0.3, -0.25) is 4.79 Å². The van der Waals surface area contributed by atoms with Crippen LogP contribution in [0.2, 0.25) is 0 Å². The van der Waals surface area contributed by atoms with Crippen LogP contribution in [0.3, 0.4) is 0 Å². The Kier molecular flexibility index (Phi) is 4.97. The highest BCUT2D eigenvalue weighted by Crippen LogP contribution is 2.18. The number of carbonyl (C=O) groups is 1. The van der Waals surface area contributed by atoms with E-state index in [0.717, 1.165) is 39.0 Å². The summed E-state index contributed by atoms with van der Waals surface area (Å²) in [6, 6.07) is 10.2. The van der Waals surface area contributed by atoms with E-state index in [9.17, 15) is 4.79 Å². The molecule has 1 unspecified atom stereocenters. The van der Waals surface area contributed by atoms with Crippen molar-refractivity contribution in [3.05, 3.63) is 35.9 Å². The van der Waals surface area contributed by atoms with E-state index in [-0.39, 0.29) is 5.92 Å². The maximum atomic E-state index is 12.6. The number of piperidine rings is 1. The number of hydrogen-bond donors (Lipinski definition) is 0. The van der Waals surface area contributed by atoms with Crippen LogP contribution in [0, 0.1) is 5.92 Å². The molecule has 3 heteroatoms. The highest BCUT2D eigenvalue weighted by atomic mass is 16.2. The first-order valence-electron chi connectivity index (χ1n) is 7.22. The molecule has 104 valence electrons. The normalized spacial score (nSPS) is 20.2. The van der Waals surface area contributed by atoms with E-state index >= 15 is 0 Å². The molecule has 0 radical (unpaired) electrons. The van der Waals surface area contributed by atoms with Crippen molar-refractivity contribution < 1.29 is 4.79 Å². The molecular formula is C16H24N2O. The first kappa shape index (κ1) is 14.1. The summed E-state index contributed by atoms with van der Waals surface area (Å²) in [4.78, 5) is 16.8. The first-order chi connectivity index (χ1) is 9.20. The van der Waals surface area contributed by atoms with Crippen LogP contribution >= 0.6 is 0 Å². The van der Waals surface area contributed by atoms with E-state index in [0.29, 0.717) is 5.91 Å². The van der Waals surface area contributed by atoms with Crippen LogP contribution in [-0.4, -0.2) is 42.4 Å². The molecule has 0 saturated carbocycles. The molecule has 3 nitrogen and oxygen atoms in total. The second-order valence-corrected chi connectivity index (χ2v) is 5.44. The molecule has 1 aliphatic rings. The molecule has 1 aliphatic heterocycles. The molecule has 1 atom stereocenters. The molecule has 1 heterocycles. The fraction of sp³-hybridized carbons (Fsp3) is 0.562. The van der Waals surface area contributed by atoms with E-state index in [2.05, 4.69) is 31.0 Å². The Bertz CT molecular complexity index is 404. The van der Waals surface area contributed by atoms with Crippen molar-refractivity contribution in [1.82, 2.24) is 9.80 Å². The molecule has 2 rings (SSSR count). The molecule has 1 amide bonds. The minimum absolute atomic E-state index is 0.183. The van der Waals surface area contributed by atoms with Crippen molar-refractivity contribution in [2.45, 2.75) is 26.3 Å². The lowest BCUT2D eigenvalue weighted by Gasteiger charge is -2.32. The molecule has 1 saturated heterocycles. The van der Waals surface area contributed by atoms with Gasteiger partial charge in [-0.1, -0.05) is 30.3 Å². The Morgan fingerprint density at radius 3 is 2.74 bits per heavy atom. The van der Waals surface area contributed by atoms with Gasteiger partial charge in [-0.05, 0) is 38.9 Å².